The number of carbonyl (C=O) groups is 1. The summed E-state index contributed by atoms with van der Waals surface area (Å²) >= 11 is 0. The molecule has 1 amide bonds. The van der Waals surface area contributed by atoms with Crippen LogP contribution in [0, 0.1) is 0 Å². The van der Waals surface area contributed by atoms with Crippen LogP contribution in [0.15, 0.2) is 91.0 Å². The van der Waals surface area contributed by atoms with Crippen LogP contribution in [0.2, 0.25) is 0 Å². The van der Waals surface area contributed by atoms with Crippen LogP contribution in [-0.2, 0) is 0 Å². The summed E-state index contributed by atoms with van der Waals surface area (Å²) in [6.45, 7) is 0. The third-order valence-electron chi connectivity index (χ3n) is 3.89. The van der Waals surface area contributed by atoms with Gasteiger partial charge in [0.25, 0.3) is 5.91 Å². The monoisotopic (exact) mass is 340 g/mol. The third-order valence-corrected chi connectivity index (χ3v) is 3.89. The summed E-state index contributed by atoms with van der Waals surface area (Å²) in [6.07, 6.45) is 0. The Labute approximate surface area is 150 Å². The molecule has 4 rings (SSSR count). The van der Waals surface area contributed by atoms with E-state index in [-0.39, 0.29) is 11.6 Å². The molecule has 5 nitrogen and oxygen atoms in total. The van der Waals surface area contributed by atoms with Crippen LogP contribution in [0.25, 0.3) is 16.9 Å². The van der Waals surface area contributed by atoms with Crippen LogP contribution < -0.4 is 5.32 Å². The van der Waals surface area contributed by atoms with Gasteiger partial charge in [-0.2, -0.15) is 4.80 Å². The summed E-state index contributed by atoms with van der Waals surface area (Å²) in [5.74, 6) is -0.294. The normalized spacial score (nSPS) is 10.5. The highest BCUT2D eigenvalue weighted by molar-refractivity contribution is 6.06. The second kappa shape index (κ2) is 7.03. The van der Waals surface area contributed by atoms with E-state index in [1.54, 1.807) is 0 Å². The van der Waals surface area contributed by atoms with Gasteiger partial charge >= 0.3 is 0 Å². The second-order valence-electron chi connectivity index (χ2n) is 5.71. The number of hydrogen-bond donors (Lipinski definition) is 1. The Bertz CT molecular complexity index is 1010. The first-order chi connectivity index (χ1) is 12.8. The first-order valence-corrected chi connectivity index (χ1v) is 8.26. The van der Waals surface area contributed by atoms with Gasteiger partial charge in [0.15, 0.2) is 5.69 Å². The minimum absolute atomic E-state index is 0.281. The van der Waals surface area contributed by atoms with E-state index in [0.29, 0.717) is 11.4 Å². The highest BCUT2D eigenvalue weighted by Crippen LogP contribution is 2.22. The molecule has 1 aromatic heterocycles. The fourth-order valence-electron chi connectivity index (χ4n) is 2.64. The summed E-state index contributed by atoms with van der Waals surface area (Å²) in [4.78, 5) is 14.3. The molecular formula is C21H16N4O. The number of anilines is 1. The van der Waals surface area contributed by atoms with Crippen molar-refractivity contribution in [2.24, 2.45) is 0 Å². The van der Waals surface area contributed by atoms with E-state index >= 15 is 0 Å². The average Bonchev–Trinajstić information content (AvgIpc) is 3.16. The minimum atomic E-state index is -0.294. The molecule has 3 aromatic carbocycles. The fourth-order valence-corrected chi connectivity index (χ4v) is 2.64. The predicted octanol–water partition coefficient (Wildman–Crippen LogP) is 4.19. The molecule has 0 aliphatic rings. The quantitative estimate of drug-likeness (QED) is 0.606. The van der Waals surface area contributed by atoms with Crippen LogP contribution in [0.3, 0.4) is 0 Å². The van der Waals surface area contributed by atoms with Crippen LogP contribution >= 0.6 is 0 Å². The molecule has 1 N–H and O–H groups in total. The lowest BCUT2D eigenvalue weighted by Crippen LogP contribution is -2.14. The van der Waals surface area contributed by atoms with Crippen LogP contribution in [0.5, 0.6) is 0 Å². The minimum Gasteiger partial charge on any atom is -0.321 e. The van der Waals surface area contributed by atoms with Gasteiger partial charge < -0.3 is 5.32 Å². The first-order valence-electron chi connectivity index (χ1n) is 8.26. The van der Waals surface area contributed by atoms with Gasteiger partial charge in [-0.15, -0.1) is 10.2 Å². The van der Waals surface area contributed by atoms with Gasteiger partial charge in [-0.25, -0.2) is 0 Å². The molecule has 0 fully saturated rings. The molecule has 26 heavy (non-hydrogen) atoms. The molecular weight excluding hydrogens is 324 g/mol. The first kappa shape index (κ1) is 15.8. The molecule has 0 saturated heterocycles. The lowest BCUT2D eigenvalue weighted by Gasteiger charge is -2.03. The summed E-state index contributed by atoms with van der Waals surface area (Å²) in [5.41, 5.74) is 3.17. The molecule has 126 valence electrons. The van der Waals surface area contributed by atoms with Gasteiger partial charge in [0.2, 0.25) is 0 Å². The number of para-hydroxylation sites is 2. The zero-order chi connectivity index (χ0) is 17.8. The van der Waals surface area contributed by atoms with Crippen LogP contribution in [-0.4, -0.2) is 20.9 Å². The van der Waals surface area contributed by atoms with Crippen molar-refractivity contribution >= 4 is 11.6 Å². The van der Waals surface area contributed by atoms with E-state index in [1.165, 1.54) is 4.80 Å². The van der Waals surface area contributed by atoms with E-state index in [1.807, 2.05) is 91.0 Å². The van der Waals surface area contributed by atoms with E-state index in [4.69, 9.17) is 0 Å². The van der Waals surface area contributed by atoms with Crippen molar-refractivity contribution in [3.8, 4) is 16.9 Å². The van der Waals surface area contributed by atoms with Crippen molar-refractivity contribution < 1.29 is 4.79 Å². The van der Waals surface area contributed by atoms with Crippen molar-refractivity contribution in [2.45, 2.75) is 0 Å². The maximum Gasteiger partial charge on any atom is 0.278 e. The maximum absolute atomic E-state index is 12.8. The predicted molar refractivity (Wildman–Crippen MR) is 101 cm³/mol. The highest BCUT2D eigenvalue weighted by Gasteiger charge is 2.20. The smallest absolute Gasteiger partial charge is 0.278 e. The maximum atomic E-state index is 12.8. The Morgan fingerprint density at radius 1 is 0.731 bits per heavy atom. The lowest BCUT2D eigenvalue weighted by molar-refractivity contribution is 0.102. The van der Waals surface area contributed by atoms with Gasteiger partial charge in [0.05, 0.1) is 5.69 Å². The average molecular weight is 340 g/mol. The number of benzene rings is 3. The van der Waals surface area contributed by atoms with Gasteiger partial charge in [-0.05, 0) is 24.3 Å². The molecule has 0 radical (unpaired) electrons. The van der Waals surface area contributed by atoms with E-state index in [9.17, 15) is 4.79 Å². The number of hydrogen-bond acceptors (Lipinski definition) is 3. The van der Waals surface area contributed by atoms with Crippen molar-refractivity contribution in [1.82, 2.24) is 15.0 Å². The lowest BCUT2D eigenvalue weighted by atomic mass is 10.1. The highest BCUT2D eigenvalue weighted by atomic mass is 16.2. The molecule has 0 atom stereocenters. The molecule has 0 unspecified atom stereocenters. The van der Waals surface area contributed by atoms with Crippen LogP contribution in [0.4, 0.5) is 5.69 Å². The number of nitrogens with zero attached hydrogens (tertiary/aromatic N) is 3. The molecule has 0 saturated carbocycles. The van der Waals surface area contributed by atoms with Gasteiger partial charge in [-0.1, -0.05) is 66.7 Å². The van der Waals surface area contributed by atoms with Crippen LogP contribution in [0.1, 0.15) is 10.5 Å². The Balaban J connectivity index is 1.77. The summed E-state index contributed by atoms with van der Waals surface area (Å²) in [6, 6.07) is 28.4. The topological polar surface area (TPSA) is 59.8 Å². The summed E-state index contributed by atoms with van der Waals surface area (Å²) in [7, 11) is 0. The molecule has 0 bridgehead atoms. The zero-order valence-electron chi connectivity index (χ0n) is 13.9. The Morgan fingerprint density at radius 3 is 1.96 bits per heavy atom. The van der Waals surface area contributed by atoms with Crippen molar-refractivity contribution in [2.75, 3.05) is 5.32 Å². The van der Waals surface area contributed by atoms with E-state index in [0.717, 1.165) is 11.3 Å². The molecule has 0 aliphatic heterocycles. The van der Waals surface area contributed by atoms with Gasteiger partial charge in [0.1, 0.15) is 5.69 Å². The van der Waals surface area contributed by atoms with Gasteiger partial charge in [0, 0.05) is 11.3 Å². The molecule has 4 aromatic rings. The Morgan fingerprint density at radius 2 is 1.31 bits per heavy atom. The largest absolute Gasteiger partial charge is 0.321 e. The summed E-state index contributed by atoms with van der Waals surface area (Å²) < 4.78 is 0. The molecule has 1 heterocycles. The molecule has 5 heteroatoms. The number of aromatic nitrogens is 3. The Hall–Kier alpha value is -3.73. The van der Waals surface area contributed by atoms with Crippen molar-refractivity contribution in [3.05, 3.63) is 96.7 Å². The van der Waals surface area contributed by atoms with Crippen molar-refractivity contribution in [1.29, 1.82) is 0 Å². The standard InChI is InChI=1S/C21H16N4O/c26-21(22-17-12-6-2-7-13-17)20-19(16-10-4-1-5-11-16)23-25(24-20)18-14-8-3-9-15-18/h1-15H,(H,22,26). The third kappa shape index (κ3) is 3.23. The summed E-state index contributed by atoms with van der Waals surface area (Å²) in [5, 5.41) is 11.9. The SMILES string of the molecule is O=C(Nc1ccccc1)c1nn(-c2ccccc2)nc1-c1ccccc1. The molecule has 0 spiro atoms. The van der Waals surface area contributed by atoms with E-state index < -0.39 is 0 Å². The fraction of sp³-hybridized carbons (Fsp3) is 0. The zero-order valence-corrected chi connectivity index (χ0v) is 13.9. The molecule has 0 aliphatic carbocycles. The number of carbonyl (C=O) groups excluding carboxylic acids is 1. The number of amides is 1. The Kier molecular flexibility index (Phi) is 4.26. The van der Waals surface area contributed by atoms with Gasteiger partial charge in [-0.3, -0.25) is 4.79 Å². The van der Waals surface area contributed by atoms with E-state index in [2.05, 4.69) is 15.5 Å². The number of nitrogens with one attached hydrogen (secondary N) is 1. The second-order valence-corrected chi connectivity index (χ2v) is 5.71. The number of rotatable bonds is 4. The van der Waals surface area contributed by atoms with Crippen molar-refractivity contribution in [3.63, 3.8) is 0 Å².